The van der Waals surface area contributed by atoms with Gasteiger partial charge in [0.15, 0.2) is 11.5 Å². The van der Waals surface area contributed by atoms with Crippen molar-refractivity contribution < 1.29 is 9.47 Å². The van der Waals surface area contributed by atoms with Crippen LogP contribution in [0.1, 0.15) is 11.1 Å². The summed E-state index contributed by atoms with van der Waals surface area (Å²) < 4.78 is 10.5. The maximum atomic E-state index is 8.85. The van der Waals surface area contributed by atoms with Crippen molar-refractivity contribution in [1.29, 1.82) is 5.26 Å². The molecule has 0 unspecified atom stereocenters. The van der Waals surface area contributed by atoms with Crippen molar-refractivity contribution in [2.45, 2.75) is 6.54 Å². The van der Waals surface area contributed by atoms with Gasteiger partial charge in [-0.25, -0.2) is 0 Å². The fourth-order valence-electron chi connectivity index (χ4n) is 1.97. The fraction of sp³-hybridized carbons (Fsp3) is 0.188. The molecule has 0 aromatic heterocycles. The van der Waals surface area contributed by atoms with E-state index >= 15 is 0 Å². The Labute approximate surface area is 123 Å². The molecule has 21 heavy (non-hydrogen) atoms. The number of nitrogens with two attached hydrogens (primary N) is 1. The molecule has 0 aliphatic carbocycles. The molecule has 2 rings (SSSR count). The molecule has 0 atom stereocenters. The molecule has 108 valence electrons. The number of hydrogen-bond acceptors (Lipinski definition) is 5. The third-order valence-electron chi connectivity index (χ3n) is 3.12. The van der Waals surface area contributed by atoms with E-state index in [1.54, 1.807) is 26.4 Å². The summed E-state index contributed by atoms with van der Waals surface area (Å²) in [5.41, 5.74) is 8.64. The summed E-state index contributed by atoms with van der Waals surface area (Å²) in [7, 11) is 3.21. The number of nitriles is 1. The normalized spacial score (nSPS) is 9.76. The van der Waals surface area contributed by atoms with Crippen molar-refractivity contribution in [3.63, 3.8) is 0 Å². The molecule has 0 saturated heterocycles. The first kappa shape index (κ1) is 14.5. The first-order valence-corrected chi connectivity index (χ1v) is 6.42. The molecule has 0 fully saturated rings. The highest BCUT2D eigenvalue weighted by Gasteiger charge is 2.05. The van der Waals surface area contributed by atoms with Crippen LogP contribution < -0.4 is 20.5 Å². The third kappa shape index (κ3) is 3.37. The molecule has 0 amide bonds. The van der Waals surface area contributed by atoms with E-state index in [9.17, 15) is 0 Å². The lowest BCUT2D eigenvalue weighted by Gasteiger charge is -2.11. The largest absolute Gasteiger partial charge is 0.493 e. The Balaban J connectivity index is 2.09. The smallest absolute Gasteiger partial charge is 0.161 e. The molecule has 0 heterocycles. The zero-order valence-corrected chi connectivity index (χ0v) is 12.0. The molecular weight excluding hydrogens is 266 g/mol. The highest BCUT2D eigenvalue weighted by molar-refractivity contribution is 5.62. The second kappa shape index (κ2) is 6.53. The lowest BCUT2D eigenvalue weighted by Crippen LogP contribution is -2.01. The number of anilines is 2. The van der Waals surface area contributed by atoms with Crippen LogP contribution in [0.15, 0.2) is 36.4 Å². The number of hydrogen-bond donors (Lipinski definition) is 2. The van der Waals surface area contributed by atoms with Gasteiger partial charge >= 0.3 is 0 Å². The van der Waals surface area contributed by atoms with Gasteiger partial charge in [0.2, 0.25) is 0 Å². The third-order valence-corrected chi connectivity index (χ3v) is 3.12. The number of nitrogens with zero attached hydrogens (tertiary/aromatic N) is 1. The molecule has 2 aromatic rings. The minimum atomic E-state index is 0.467. The van der Waals surface area contributed by atoms with Crippen LogP contribution in [-0.2, 0) is 6.54 Å². The molecule has 2 aromatic carbocycles. The molecule has 0 aliphatic heterocycles. The van der Waals surface area contributed by atoms with Gasteiger partial charge in [-0.2, -0.15) is 5.26 Å². The predicted octanol–water partition coefficient (Wildman–Crippen LogP) is 2.77. The van der Waals surface area contributed by atoms with Gasteiger partial charge < -0.3 is 20.5 Å². The second-order valence-electron chi connectivity index (χ2n) is 4.46. The molecule has 0 saturated carbocycles. The Kier molecular flexibility index (Phi) is 4.52. The van der Waals surface area contributed by atoms with Crippen LogP contribution in [0, 0.1) is 11.3 Å². The van der Waals surface area contributed by atoms with Crippen LogP contribution in [0.25, 0.3) is 0 Å². The number of benzene rings is 2. The van der Waals surface area contributed by atoms with Gasteiger partial charge in [0.1, 0.15) is 6.07 Å². The summed E-state index contributed by atoms with van der Waals surface area (Å²) in [6, 6.07) is 13.1. The van der Waals surface area contributed by atoms with Gasteiger partial charge in [-0.3, -0.25) is 0 Å². The highest BCUT2D eigenvalue weighted by Crippen LogP contribution is 2.28. The summed E-state index contributed by atoms with van der Waals surface area (Å²) in [5, 5.41) is 12.1. The highest BCUT2D eigenvalue weighted by atomic mass is 16.5. The maximum absolute atomic E-state index is 8.85. The average Bonchev–Trinajstić information content (AvgIpc) is 2.52. The number of methoxy groups -OCH3 is 2. The van der Waals surface area contributed by atoms with E-state index < -0.39 is 0 Å². The molecule has 0 spiro atoms. The van der Waals surface area contributed by atoms with Crippen molar-refractivity contribution in [2.75, 3.05) is 25.3 Å². The summed E-state index contributed by atoms with van der Waals surface area (Å²) in [5.74, 6) is 1.39. The van der Waals surface area contributed by atoms with Crippen LogP contribution in [-0.4, -0.2) is 14.2 Å². The first-order chi connectivity index (χ1) is 10.2. The average molecular weight is 283 g/mol. The van der Waals surface area contributed by atoms with Crippen molar-refractivity contribution >= 4 is 11.4 Å². The van der Waals surface area contributed by atoms with Crippen molar-refractivity contribution in [2.24, 2.45) is 0 Å². The monoisotopic (exact) mass is 283 g/mol. The van der Waals surface area contributed by atoms with Gasteiger partial charge in [-0.1, -0.05) is 6.07 Å². The summed E-state index contributed by atoms with van der Waals surface area (Å²) in [4.78, 5) is 0. The molecule has 3 N–H and O–H groups in total. The lowest BCUT2D eigenvalue weighted by atomic mass is 10.1. The SMILES string of the molecule is COc1ccc(CNc2ccc(C#N)c(N)c2)cc1OC. The Morgan fingerprint density at radius 2 is 1.86 bits per heavy atom. The van der Waals surface area contributed by atoms with Crippen LogP contribution in [0.4, 0.5) is 11.4 Å². The molecule has 0 bridgehead atoms. The number of nitrogen functional groups attached to an aromatic ring is 1. The Hall–Kier alpha value is -2.87. The summed E-state index contributed by atoms with van der Waals surface area (Å²) in [6.45, 7) is 0.617. The van der Waals surface area contributed by atoms with Crippen LogP contribution >= 0.6 is 0 Å². The molecule has 0 radical (unpaired) electrons. The van der Waals surface area contributed by atoms with Gasteiger partial charge in [0, 0.05) is 12.2 Å². The van der Waals surface area contributed by atoms with Gasteiger partial charge in [-0.15, -0.1) is 0 Å². The summed E-state index contributed by atoms with van der Waals surface area (Å²) in [6.07, 6.45) is 0. The maximum Gasteiger partial charge on any atom is 0.161 e. The van der Waals surface area contributed by atoms with Gasteiger partial charge in [-0.05, 0) is 35.9 Å². The molecule has 5 heteroatoms. The molecular formula is C16H17N3O2. The van der Waals surface area contributed by atoms with E-state index in [0.717, 1.165) is 11.3 Å². The van der Waals surface area contributed by atoms with E-state index in [-0.39, 0.29) is 0 Å². The van der Waals surface area contributed by atoms with Gasteiger partial charge in [0.25, 0.3) is 0 Å². The predicted molar refractivity (Wildman–Crippen MR) is 82.4 cm³/mol. The van der Waals surface area contributed by atoms with E-state index in [1.807, 2.05) is 30.3 Å². The van der Waals surface area contributed by atoms with E-state index in [2.05, 4.69) is 5.32 Å². The molecule has 5 nitrogen and oxygen atoms in total. The van der Waals surface area contributed by atoms with Crippen molar-refractivity contribution in [3.05, 3.63) is 47.5 Å². The molecule has 0 aliphatic rings. The van der Waals surface area contributed by atoms with Crippen LogP contribution in [0.2, 0.25) is 0 Å². The van der Waals surface area contributed by atoms with E-state index in [0.29, 0.717) is 29.3 Å². The topological polar surface area (TPSA) is 80.3 Å². The standard InChI is InChI=1S/C16H17N3O2/c1-20-15-6-3-11(7-16(15)21-2)10-19-13-5-4-12(9-17)14(18)8-13/h3-8,19H,10,18H2,1-2H3. The lowest BCUT2D eigenvalue weighted by molar-refractivity contribution is 0.354. The van der Waals surface area contributed by atoms with Crippen molar-refractivity contribution in [3.8, 4) is 17.6 Å². The fourth-order valence-corrected chi connectivity index (χ4v) is 1.97. The minimum Gasteiger partial charge on any atom is -0.493 e. The quantitative estimate of drug-likeness (QED) is 0.825. The number of rotatable bonds is 5. The zero-order valence-electron chi connectivity index (χ0n) is 12.0. The van der Waals surface area contributed by atoms with E-state index in [1.165, 1.54) is 0 Å². The summed E-state index contributed by atoms with van der Waals surface area (Å²) >= 11 is 0. The Morgan fingerprint density at radius 1 is 1.10 bits per heavy atom. The first-order valence-electron chi connectivity index (χ1n) is 6.42. The van der Waals surface area contributed by atoms with E-state index in [4.69, 9.17) is 20.5 Å². The van der Waals surface area contributed by atoms with Crippen LogP contribution in [0.5, 0.6) is 11.5 Å². The Bertz CT molecular complexity index is 678. The van der Waals surface area contributed by atoms with Gasteiger partial charge in [0.05, 0.1) is 25.5 Å². The van der Waals surface area contributed by atoms with Crippen molar-refractivity contribution in [1.82, 2.24) is 0 Å². The Morgan fingerprint density at radius 3 is 2.48 bits per heavy atom. The number of nitrogens with one attached hydrogen (secondary N) is 1. The zero-order chi connectivity index (χ0) is 15.2. The minimum absolute atomic E-state index is 0.467. The number of ether oxygens (including phenoxy) is 2. The second-order valence-corrected chi connectivity index (χ2v) is 4.46. The van der Waals surface area contributed by atoms with Crippen LogP contribution in [0.3, 0.4) is 0 Å².